The van der Waals surface area contributed by atoms with E-state index < -0.39 is 0 Å². The van der Waals surface area contributed by atoms with Crippen LogP contribution in [0, 0.1) is 0 Å². The van der Waals surface area contributed by atoms with E-state index in [1.807, 2.05) is 0 Å². The molecule has 2 aromatic rings. The number of nitrogens with one attached hydrogen (secondary N) is 2. The van der Waals surface area contributed by atoms with E-state index >= 15 is 0 Å². The van der Waals surface area contributed by atoms with Crippen molar-refractivity contribution in [1.82, 2.24) is 9.62 Å². The van der Waals surface area contributed by atoms with E-state index in [1.165, 1.54) is 33.6 Å². The van der Waals surface area contributed by atoms with Gasteiger partial charge in [0.05, 0.1) is 6.87 Å². The van der Waals surface area contributed by atoms with Crippen molar-refractivity contribution in [3.63, 3.8) is 0 Å². The van der Waals surface area contributed by atoms with Gasteiger partial charge in [-0.25, -0.2) is 0 Å². The Morgan fingerprint density at radius 3 is 1.26 bits per heavy atom. The highest BCUT2D eigenvalue weighted by molar-refractivity contribution is 7.22. The molecule has 0 bridgehead atoms. The van der Waals surface area contributed by atoms with E-state index in [9.17, 15) is 0 Å². The van der Waals surface area contributed by atoms with Gasteiger partial charge in [0.1, 0.15) is 0 Å². The summed E-state index contributed by atoms with van der Waals surface area (Å²) in [4.78, 5) is 4.60. The molecular weight excluding hydrogens is 414 g/mol. The van der Waals surface area contributed by atoms with Crippen molar-refractivity contribution in [3.05, 3.63) is 58.7 Å². The molecule has 2 aromatic carbocycles. The highest BCUT2D eigenvalue weighted by Crippen LogP contribution is 2.35. The van der Waals surface area contributed by atoms with Crippen molar-refractivity contribution < 1.29 is 0 Å². The lowest BCUT2D eigenvalue weighted by Crippen LogP contribution is -2.63. The topological polar surface area (TPSA) is 30.5 Å². The first-order valence-corrected chi connectivity index (χ1v) is 13.0. The van der Waals surface area contributed by atoms with Gasteiger partial charge in [0.2, 0.25) is 0 Å². The number of hydrogen-bond acceptors (Lipinski definition) is 4. The Hall–Kier alpha value is -1.91. The fourth-order valence-corrected chi connectivity index (χ4v) is 4.71. The van der Waals surface area contributed by atoms with Crippen molar-refractivity contribution in [2.45, 2.75) is 79.1 Å². The Bertz CT molecular complexity index is 795. The van der Waals surface area contributed by atoms with E-state index in [1.54, 1.807) is 0 Å². The minimum Gasteiger partial charge on any atom is -0.572 e. The van der Waals surface area contributed by atoms with Crippen molar-refractivity contribution in [1.29, 1.82) is 0 Å². The van der Waals surface area contributed by atoms with Crippen molar-refractivity contribution in [2.75, 3.05) is 38.6 Å². The molecule has 0 saturated heterocycles. The maximum Gasteiger partial charge on any atom is 0.158 e. The quantitative estimate of drug-likeness (QED) is 0.357. The highest BCUT2D eigenvalue weighted by atomic mass is 15.2. The van der Waals surface area contributed by atoms with Gasteiger partial charge in [-0.2, -0.15) is 0 Å². The van der Waals surface area contributed by atoms with Crippen LogP contribution in [-0.2, 0) is 0 Å². The molecular formula is C28H48B2N4-. The van der Waals surface area contributed by atoms with Crippen LogP contribution in [0.15, 0.2) is 36.4 Å². The summed E-state index contributed by atoms with van der Waals surface area (Å²) in [5.41, 5.74) is 8.06. The van der Waals surface area contributed by atoms with E-state index in [-0.39, 0.29) is 13.7 Å². The summed E-state index contributed by atoms with van der Waals surface area (Å²) in [7, 11) is 8.67. The fraction of sp³-hybridized carbons (Fsp3) is 0.571. The van der Waals surface area contributed by atoms with Gasteiger partial charge >= 0.3 is 0 Å². The second kappa shape index (κ2) is 12.2. The van der Waals surface area contributed by atoms with Gasteiger partial charge in [0.25, 0.3) is 0 Å². The summed E-state index contributed by atoms with van der Waals surface area (Å²) < 4.78 is 0. The highest BCUT2D eigenvalue weighted by Gasteiger charge is 2.25. The second-order valence-electron chi connectivity index (χ2n) is 11.3. The zero-order chi connectivity index (χ0) is 25.7. The molecule has 4 nitrogen and oxygen atoms in total. The molecule has 0 aliphatic heterocycles. The predicted octanol–water partition coefficient (Wildman–Crippen LogP) is 6.88. The van der Waals surface area contributed by atoms with Gasteiger partial charge < -0.3 is 20.1 Å². The number of hydrogen-bond donors (Lipinski definition) is 2. The minimum atomic E-state index is 0.0626. The Balaban J connectivity index is 2.60. The first kappa shape index (κ1) is 28.3. The Labute approximate surface area is 211 Å². The molecule has 0 saturated carbocycles. The van der Waals surface area contributed by atoms with Crippen LogP contribution in [0.2, 0.25) is 0 Å². The van der Waals surface area contributed by atoms with Gasteiger partial charge in [-0.1, -0.05) is 106 Å². The molecule has 0 aliphatic rings. The molecule has 6 heteroatoms. The number of anilines is 2. The summed E-state index contributed by atoms with van der Waals surface area (Å²) in [5, 5.41) is 8.00. The third-order valence-corrected chi connectivity index (χ3v) is 6.74. The molecule has 1 radical (unpaired) electrons. The fourth-order valence-electron chi connectivity index (χ4n) is 4.71. The van der Waals surface area contributed by atoms with Crippen LogP contribution >= 0.6 is 0 Å². The minimum absolute atomic E-state index is 0.0626. The van der Waals surface area contributed by atoms with E-state index in [2.05, 4.69) is 140 Å². The summed E-state index contributed by atoms with van der Waals surface area (Å²) in [6.07, 6.45) is 0. The molecule has 0 spiro atoms. The van der Waals surface area contributed by atoms with Crippen molar-refractivity contribution in [3.8, 4) is 0 Å². The molecule has 0 atom stereocenters. The first-order valence-electron chi connectivity index (χ1n) is 13.0. The summed E-state index contributed by atoms with van der Waals surface area (Å²) >= 11 is 0. The van der Waals surface area contributed by atoms with Gasteiger partial charge in [0, 0.05) is 5.69 Å². The Morgan fingerprint density at radius 2 is 0.971 bits per heavy atom. The number of nitrogens with zero attached hydrogens (tertiary/aromatic N) is 2. The summed E-state index contributed by atoms with van der Waals surface area (Å²) in [6, 6.07) is 13.5. The van der Waals surface area contributed by atoms with E-state index in [4.69, 9.17) is 0 Å². The van der Waals surface area contributed by atoms with E-state index in [0.29, 0.717) is 23.7 Å². The number of benzene rings is 2. The Kier molecular flexibility index (Phi) is 10.1. The monoisotopic (exact) mass is 462 g/mol. The van der Waals surface area contributed by atoms with Gasteiger partial charge in [-0.3, -0.25) is 0 Å². The zero-order valence-electron chi connectivity index (χ0n) is 23.8. The van der Waals surface area contributed by atoms with Crippen LogP contribution in [0.3, 0.4) is 0 Å². The van der Waals surface area contributed by atoms with Crippen molar-refractivity contribution >= 4 is 25.1 Å². The molecule has 0 aliphatic carbocycles. The third-order valence-electron chi connectivity index (χ3n) is 6.74. The van der Waals surface area contributed by atoms with Gasteiger partial charge in [-0.05, 0) is 65.7 Å². The average Bonchev–Trinajstić information content (AvgIpc) is 2.74. The molecule has 0 amide bonds. The summed E-state index contributed by atoms with van der Waals surface area (Å²) in [5.74, 6) is 1.79. The predicted molar refractivity (Wildman–Crippen MR) is 155 cm³/mol. The molecule has 2 N–H and O–H groups in total. The third kappa shape index (κ3) is 6.60. The van der Waals surface area contributed by atoms with Gasteiger partial charge in [0.15, 0.2) is 6.87 Å². The smallest absolute Gasteiger partial charge is 0.158 e. The van der Waals surface area contributed by atoms with Gasteiger partial charge in [-0.15, -0.1) is 0 Å². The lowest BCUT2D eigenvalue weighted by Gasteiger charge is -2.47. The first-order chi connectivity index (χ1) is 15.9. The molecule has 0 fully saturated rings. The molecule has 187 valence electrons. The van der Waals surface area contributed by atoms with Crippen LogP contribution in [0.5, 0.6) is 0 Å². The SMILES string of the molecule is CC(C)c1cccc(C(C)C)c1NB([B-](Nc1c(C(C)C)cccc1C(C)C)N(C)C)N(C)C. The lowest BCUT2D eigenvalue weighted by molar-refractivity contribution is 0.625. The second-order valence-corrected chi connectivity index (χ2v) is 11.3. The Morgan fingerprint density at radius 1 is 0.618 bits per heavy atom. The maximum atomic E-state index is 4.00. The van der Waals surface area contributed by atoms with Crippen LogP contribution in [0.4, 0.5) is 11.4 Å². The summed E-state index contributed by atoms with van der Waals surface area (Å²) in [6.45, 7) is 18.4. The van der Waals surface area contributed by atoms with Crippen LogP contribution < -0.4 is 10.5 Å². The number of para-hydroxylation sites is 2. The molecule has 34 heavy (non-hydrogen) atoms. The van der Waals surface area contributed by atoms with Crippen LogP contribution in [0.25, 0.3) is 0 Å². The largest absolute Gasteiger partial charge is 0.572 e. The molecule has 0 heterocycles. The standard InChI is InChI=1S/C28H48B2N4/c1-19(2)23-15-13-16-24(20(3)4)27(23)31-29(33(9)10)30(34(11)12)32-28-25(21(5)6)17-14-18-26(28)22(7)8/h13-22,31-32H,1-12H3/q-1. The molecule has 0 aromatic heterocycles. The zero-order valence-corrected chi connectivity index (χ0v) is 23.8. The number of rotatable bonds is 11. The lowest BCUT2D eigenvalue weighted by atomic mass is 9.32. The van der Waals surface area contributed by atoms with Crippen molar-refractivity contribution in [2.24, 2.45) is 0 Å². The maximum absolute atomic E-state index is 4.00. The van der Waals surface area contributed by atoms with Crippen LogP contribution in [-0.4, -0.2) is 51.6 Å². The molecule has 0 unspecified atom stereocenters. The van der Waals surface area contributed by atoms with E-state index in [0.717, 1.165) is 0 Å². The molecule has 2 rings (SSSR count). The average molecular weight is 462 g/mol. The van der Waals surface area contributed by atoms with Crippen LogP contribution in [0.1, 0.15) is 101 Å². The normalized spacial score (nSPS) is 12.2.